The molecule has 0 unspecified atom stereocenters. The average molecular weight is 472 g/mol. The maximum absolute atomic E-state index is 13.4. The van der Waals surface area contributed by atoms with Crippen LogP contribution in [0.25, 0.3) is 10.9 Å². The lowest BCUT2D eigenvalue weighted by molar-refractivity contribution is 0.262. The van der Waals surface area contributed by atoms with Crippen LogP contribution in [-0.2, 0) is 10.0 Å². The van der Waals surface area contributed by atoms with E-state index in [1.807, 2.05) is 19.0 Å². The van der Waals surface area contributed by atoms with E-state index >= 15 is 0 Å². The molecule has 0 radical (unpaired) electrons. The van der Waals surface area contributed by atoms with Gasteiger partial charge in [0.1, 0.15) is 17.3 Å². The highest BCUT2D eigenvalue weighted by molar-refractivity contribution is 9.10. The van der Waals surface area contributed by atoms with E-state index in [-0.39, 0.29) is 4.90 Å². The van der Waals surface area contributed by atoms with Crippen molar-refractivity contribution in [1.29, 1.82) is 0 Å². The lowest BCUT2D eigenvalue weighted by Crippen LogP contribution is -2.20. The Morgan fingerprint density at radius 2 is 1.89 bits per heavy atom. The van der Waals surface area contributed by atoms with Crippen molar-refractivity contribution in [2.24, 2.45) is 0 Å². The van der Waals surface area contributed by atoms with Crippen LogP contribution < -0.4 is 4.74 Å². The quantitative estimate of drug-likeness (QED) is 0.529. The summed E-state index contributed by atoms with van der Waals surface area (Å²) >= 11 is 9.50. The molecule has 0 atom stereocenters. The van der Waals surface area contributed by atoms with Gasteiger partial charge in [-0.2, -0.15) is 0 Å². The second-order valence-corrected chi connectivity index (χ2v) is 9.47. The number of halogens is 2. The van der Waals surface area contributed by atoms with Crippen molar-refractivity contribution in [3.05, 3.63) is 57.7 Å². The summed E-state index contributed by atoms with van der Waals surface area (Å²) < 4.78 is 34.6. The van der Waals surface area contributed by atoms with Gasteiger partial charge < -0.3 is 9.64 Å². The zero-order valence-corrected chi connectivity index (χ0v) is 18.4. The van der Waals surface area contributed by atoms with Crippen molar-refractivity contribution in [3.63, 3.8) is 0 Å². The van der Waals surface area contributed by atoms with Crippen molar-refractivity contribution in [3.8, 4) is 5.75 Å². The maximum Gasteiger partial charge on any atom is 0.269 e. The van der Waals surface area contributed by atoms with Crippen molar-refractivity contribution in [2.75, 3.05) is 27.2 Å². The highest BCUT2D eigenvalue weighted by Gasteiger charge is 2.27. The minimum absolute atomic E-state index is 0.185. The molecule has 0 amide bonds. The minimum atomic E-state index is -3.84. The second-order valence-electron chi connectivity index (χ2n) is 6.43. The SMILES string of the molecule is Cc1c(OCCN(C)C)c2ccc(Cl)cc2n1S(=O)(=O)c1ccccc1Br. The Hall–Kier alpha value is -1.54. The standard InChI is InChI=1S/C19H20BrClN2O3S/c1-13-19(26-11-10-22(2)3)15-9-8-14(21)12-17(15)23(13)27(24,25)18-7-5-4-6-16(18)20/h4-9,12H,10-11H2,1-3H3. The maximum atomic E-state index is 13.4. The molecule has 0 spiro atoms. The number of benzene rings is 2. The van der Waals surface area contributed by atoms with Gasteiger partial charge in [-0.15, -0.1) is 0 Å². The Morgan fingerprint density at radius 1 is 1.19 bits per heavy atom. The van der Waals surface area contributed by atoms with Gasteiger partial charge in [-0.1, -0.05) is 23.7 Å². The molecule has 0 fully saturated rings. The van der Waals surface area contributed by atoms with Crippen LogP contribution in [0.1, 0.15) is 5.69 Å². The van der Waals surface area contributed by atoms with E-state index in [9.17, 15) is 8.42 Å². The first-order valence-electron chi connectivity index (χ1n) is 8.31. The Balaban J connectivity index is 2.22. The van der Waals surface area contributed by atoms with Crippen LogP contribution in [0.3, 0.4) is 0 Å². The van der Waals surface area contributed by atoms with Crippen LogP contribution in [0.2, 0.25) is 5.02 Å². The summed E-state index contributed by atoms with van der Waals surface area (Å²) in [6.45, 7) is 2.91. The normalized spacial score (nSPS) is 12.1. The Kier molecular flexibility index (Phi) is 5.86. The number of rotatable bonds is 6. The summed E-state index contributed by atoms with van der Waals surface area (Å²) in [6.07, 6.45) is 0. The van der Waals surface area contributed by atoms with Gasteiger partial charge in [-0.05, 0) is 67.3 Å². The van der Waals surface area contributed by atoms with Gasteiger partial charge in [0.25, 0.3) is 10.0 Å². The first kappa shape index (κ1) is 20.2. The first-order valence-corrected chi connectivity index (χ1v) is 10.9. The monoisotopic (exact) mass is 470 g/mol. The van der Waals surface area contributed by atoms with Crippen LogP contribution >= 0.6 is 27.5 Å². The fourth-order valence-electron chi connectivity index (χ4n) is 2.91. The molecule has 27 heavy (non-hydrogen) atoms. The molecule has 0 bridgehead atoms. The lowest BCUT2D eigenvalue weighted by atomic mass is 10.2. The van der Waals surface area contributed by atoms with Gasteiger partial charge >= 0.3 is 0 Å². The molecule has 1 heterocycles. The molecular formula is C19H20BrClN2O3S. The molecule has 2 aromatic carbocycles. The number of ether oxygens (including phenoxy) is 1. The second kappa shape index (κ2) is 7.83. The van der Waals surface area contributed by atoms with Crippen molar-refractivity contribution < 1.29 is 13.2 Å². The highest BCUT2D eigenvalue weighted by Crippen LogP contribution is 2.38. The molecule has 0 aliphatic carbocycles. The molecule has 0 saturated heterocycles. The van der Waals surface area contributed by atoms with Gasteiger partial charge in [0.05, 0.1) is 11.2 Å². The predicted molar refractivity (Wildman–Crippen MR) is 112 cm³/mol. The summed E-state index contributed by atoms with van der Waals surface area (Å²) in [5.74, 6) is 0.555. The molecule has 3 rings (SSSR count). The fraction of sp³-hybridized carbons (Fsp3) is 0.263. The Labute approximate surface area is 172 Å². The molecular weight excluding hydrogens is 452 g/mol. The van der Waals surface area contributed by atoms with E-state index in [0.717, 1.165) is 6.54 Å². The zero-order valence-electron chi connectivity index (χ0n) is 15.2. The number of hydrogen-bond donors (Lipinski definition) is 0. The van der Waals surface area contributed by atoms with Crippen LogP contribution in [0.4, 0.5) is 0 Å². The average Bonchev–Trinajstić information content (AvgIpc) is 2.86. The third-order valence-corrected chi connectivity index (χ3v) is 7.25. The number of aromatic nitrogens is 1. The van der Waals surface area contributed by atoms with Gasteiger partial charge in [0.15, 0.2) is 0 Å². The van der Waals surface area contributed by atoms with Crippen molar-refractivity contribution in [2.45, 2.75) is 11.8 Å². The van der Waals surface area contributed by atoms with Gasteiger partial charge in [0.2, 0.25) is 0 Å². The van der Waals surface area contributed by atoms with Crippen LogP contribution in [-0.4, -0.2) is 44.5 Å². The summed E-state index contributed by atoms with van der Waals surface area (Å²) in [5.41, 5.74) is 1.01. The largest absolute Gasteiger partial charge is 0.490 e. The molecule has 0 N–H and O–H groups in total. The Bertz CT molecular complexity index is 1090. The van der Waals surface area contributed by atoms with E-state index in [4.69, 9.17) is 16.3 Å². The third kappa shape index (κ3) is 3.87. The topological polar surface area (TPSA) is 51.5 Å². The first-order chi connectivity index (χ1) is 12.7. The van der Waals surface area contributed by atoms with Gasteiger partial charge in [0, 0.05) is 21.4 Å². The molecule has 8 heteroatoms. The van der Waals surface area contributed by atoms with E-state index < -0.39 is 10.0 Å². The summed E-state index contributed by atoms with van der Waals surface area (Å²) in [7, 11) is 0.0666. The number of likely N-dealkylation sites (N-methyl/N-ethyl adjacent to an activating group) is 1. The molecule has 0 saturated carbocycles. The van der Waals surface area contributed by atoms with Gasteiger partial charge in [-0.25, -0.2) is 12.4 Å². The third-order valence-electron chi connectivity index (χ3n) is 4.20. The summed E-state index contributed by atoms with van der Waals surface area (Å²) in [4.78, 5) is 2.19. The summed E-state index contributed by atoms with van der Waals surface area (Å²) in [6, 6.07) is 11.9. The number of hydrogen-bond acceptors (Lipinski definition) is 4. The number of nitrogens with zero attached hydrogens (tertiary/aromatic N) is 2. The van der Waals surface area contributed by atoms with E-state index in [1.165, 1.54) is 3.97 Å². The van der Waals surface area contributed by atoms with E-state index in [1.54, 1.807) is 49.4 Å². The predicted octanol–water partition coefficient (Wildman–Crippen LogP) is 4.54. The van der Waals surface area contributed by atoms with Crippen LogP contribution in [0.5, 0.6) is 5.75 Å². The molecule has 0 aliphatic heterocycles. The molecule has 5 nitrogen and oxygen atoms in total. The molecule has 3 aromatic rings. The van der Waals surface area contributed by atoms with E-state index in [0.29, 0.717) is 38.4 Å². The van der Waals surface area contributed by atoms with Gasteiger partial charge in [-0.3, -0.25) is 0 Å². The number of fused-ring (bicyclic) bond motifs is 1. The Morgan fingerprint density at radius 3 is 2.56 bits per heavy atom. The smallest absolute Gasteiger partial charge is 0.269 e. The minimum Gasteiger partial charge on any atom is -0.490 e. The zero-order chi connectivity index (χ0) is 19.8. The summed E-state index contributed by atoms with van der Waals surface area (Å²) in [5, 5.41) is 1.18. The molecule has 1 aromatic heterocycles. The molecule has 0 aliphatic rings. The van der Waals surface area contributed by atoms with Crippen LogP contribution in [0, 0.1) is 6.92 Å². The van der Waals surface area contributed by atoms with Crippen molar-refractivity contribution in [1.82, 2.24) is 8.87 Å². The highest BCUT2D eigenvalue weighted by atomic mass is 79.9. The fourth-order valence-corrected chi connectivity index (χ4v) is 5.59. The van der Waals surface area contributed by atoms with Crippen LogP contribution in [0.15, 0.2) is 51.8 Å². The lowest BCUT2D eigenvalue weighted by Gasteiger charge is -2.13. The molecule has 144 valence electrons. The van der Waals surface area contributed by atoms with Crippen molar-refractivity contribution >= 4 is 48.5 Å². The van der Waals surface area contributed by atoms with E-state index in [2.05, 4.69) is 15.9 Å².